The van der Waals surface area contributed by atoms with Crippen molar-refractivity contribution in [1.29, 1.82) is 0 Å². The van der Waals surface area contributed by atoms with Gasteiger partial charge in [0.05, 0.1) is 11.0 Å². The maximum Gasteiger partial charge on any atom is 0.270 e. The van der Waals surface area contributed by atoms with Crippen molar-refractivity contribution in [2.75, 3.05) is 0 Å². The summed E-state index contributed by atoms with van der Waals surface area (Å²) in [6.07, 6.45) is -2.89. The molecule has 0 radical (unpaired) electrons. The van der Waals surface area contributed by atoms with Gasteiger partial charge in [-0.15, -0.1) is 0 Å². The highest BCUT2D eigenvalue weighted by atomic mass is 19.3. The number of non-ortho nitro benzene ring substituents is 1. The fourth-order valence-corrected chi connectivity index (χ4v) is 1.06. The summed E-state index contributed by atoms with van der Waals surface area (Å²) >= 11 is 0. The van der Waals surface area contributed by atoms with Gasteiger partial charge in [-0.3, -0.25) is 10.1 Å². The van der Waals surface area contributed by atoms with Crippen molar-refractivity contribution in [3.05, 3.63) is 33.9 Å². The molecule has 0 amide bonds. The number of benzene rings is 1. The summed E-state index contributed by atoms with van der Waals surface area (Å²) in [5.74, 6) is -0.478. The molecule has 5 nitrogen and oxygen atoms in total. The molecule has 15 heavy (non-hydrogen) atoms. The van der Waals surface area contributed by atoms with E-state index in [9.17, 15) is 24.0 Å². The third kappa shape index (κ3) is 2.38. The second-order valence-electron chi connectivity index (χ2n) is 2.86. The number of nitrogens with two attached hydrogens (primary N) is 1. The molecule has 1 atom stereocenters. The Bertz CT molecular complexity index is 384. The van der Waals surface area contributed by atoms with E-state index in [2.05, 4.69) is 0 Å². The van der Waals surface area contributed by atoms with Crippen molar-refractivity contribution in [2.45, 2.75) is 12.5 Å². The molecule has 82 valence electrons. The lowest BCUT2D eigenvalue weighted by atomic mass is 10.1. The summed E-state index contributed by atoms with van der Waals surface area (Å²) in [6, 6.07) is 1.09. The number of nitro benzene ring substituents is 1. The largest absolute Gasteiger partial charge is 0.508 e. The molecule has 0 spiro atoms. The minimum absolute atomic E-state index is 0.334. The molecule has 7 heteroatoms. The highest BCUT2D eigenvalue weighted by molar-refractivity contribution is 5.44. The number of hydrogen-bond acceptors (Lipinski definition) is 4. The molecule has 1 unspecified atom stereocenters. The first kappa shape index (κ1) is 11.3. The van der Waals surface area contributed by atoms with Crippen LogP contribution in [0.1, 0.15) is 11.6 Å². The number of aromatic hydroxyl groups is 1. The highest BCUT2D eigenvalue weighted by Gasteiger charge is 2.23. The molecular formula is C8H8F2N2O3. The van der Waals surface area contributed by atoms with Crippen LogP contribution >= 0.6 is 0 Å². The first-order chi connectivity index (χ1) is 6.93. The van der Waals surface area contributed by atoms with Gasteiger partial charge in [0.15, 0.2) is 0 Å². The zero-order chi connectivity index (χ0) is 11.6. The maximum absolute atomic E-state index is 12.2. The minimum Gasteiger partial charge on any atom is -0.508 e. The van der Waals surface area contributed by atoms with Gasteiger partial charge in [-0.25, -0.2) is 8.78 Å². The highest BCUT2D eigenvalue weighted by Crippen LogP contribution is 2.30. The predicted octanol–water partition coefficient (Wildman–Crippen LogP) is 1.57. The van der Waals surface area contributed by atoms with E-state index in [0.29, 0.717) is 0 Å². The van der Waals surface area contributed by atoms with Gasteiger partial charge in [0.25, 0.3) is 12.1 Å². The molecular weight excluding hydrogens is 210 g/mol. The lowest BCUT2D eigenvalue weighted by molar-refractivity contribution is -0.385. The molecule has 0 saturated carbocycles. The van der Waals surface area contributed by atoms with Crippen LogP contribution in [0.25, 0.3) is 0 Å². The molecule has 0 aliphatic carbocycles. The molecule has 1 rings (SSSR count). The molecule has 3 N–H and O–H groups in total. The van der Waals surface area contributed by atoms with Crippen molar-refractivity contribution in [1.82, 2.24) is 0 Å². The number of nitrogens with zero attached hydrogens (tertiary/aromatic N) is 1. The topological polar surface area (TPSA) is 89.4 Å². The summed E-state index contributed by atoms with van der Waals surface area (Å²) in [5, 5.41) is 19.6. The second-order valence-corrected chi connectivity index (χ2v) is 2.86. The summed E-state index contributed by atoms with van der Waals surface area (Å²) in [4.78, 5) is 9.60. The number of nitro groups is 1. The molecule has 0 fully saturated rings. The maximum atomic E-state index is 12.2. The van der Waals surface area contributed by atoms with E-state index >= 15 is 0 Å². The van der Waals surface area contributed by atoms with E-state index in [1.54, 1.807) is 0 Å². The van der Waals surface area contributed by atoms with Crippen LogP contribution in [0.4, 0.5) is 14.5 Å². The van der Waals surface area contributed by atoms with E-state index in [1.807, 2.05) is 0 Å². The van der Waals surface area contributed by atoms with Crippen LogP contribution < -0.4 is 5.73 Å². The molecule has 0 bridgehead atoms. The Labute approximate surface area is 83.3 Å². The first-order valence-electron chi connectivity index (χ1n) is 3.94. The Hall–Kier alpha value is -1.76. The number of halogens is 2. The van der Waals surface area contributed by atoms with Crippen molar-refractivity contribution >= 4 is 5.69 Å². The monoisotopic (exact) mass is 218 g/mol. The van der Waals surface area contributed by atoms with Gasteiger partial charge < -0.3 is 10.8 Å². The fraction of sp³-hybridized carbons (Fsp3) is 0.250. The normalized spacial score (nSPS) is 12.8. The van der Waals surface area contributed by atoms with Crippen LogP contribution in [0.2, 0.25) is 0 Å². The molecule has 0 aliphatic rings. The third-order valence-corrected chi connectivity index (χ3v) is 1.85. The Kier molecular flexibility index (Phi) is 3.15. The SMILES string of the molecule is NC(c1cc([N+](=O)[O-])ccc1O)C(F)F. The standard InChI is InChI=1S/C8H8F2N2O3/c9-8(10)7(11)5-3-4(12(14)15)1-2-6(5)13/h1-3,7-8,13H,11H2. The molecule has 0 heterocycles. The number of phenolic OH excluding ortho intramolecular Hbond substituents is 1. The second kappa shape index (κ2) is 4.18. The van der Waals surface area contributed by atoms with Gasteiger partial charge in [-0.1, -0.05) is 0 Å². The van der Waals surface area contributed by atoms with E-state index in [4.69, 9.17) is 5.73 Å². The molecule has 0 aromatic heterocycles. The number of alkyl halides is 2. The minimum atomic E-state index is -2.89. The third-order valence-electron chi connectivity index (χ3n) is 1.85. The number of hydrogen-bond donors (Lipinski definition) is 2. The van der Waals surface area contributed by atoms with Gasteiger partial charge in [0.2, 0.25) is 0 Å². The van der Waals surface area contributed by atoms with Crippen LogP contribution in [0.5, 0.6) is 5.75 Å². The van der Waals surface area contributed by atoms with Crippen LogP contribution in [-0.4, -0.2) is 16.5 Å². The first-order valence-corrected chi connectivity index (χ1v) is 3.94. The zero-order valence-electron chi connectivity index (χ0n) is 7.43. The predicted molar refractivity (Wildman–Crippen MR) is 47.7 cm³/mol. The van der Waals surface area contributed by atoms with Crippen molar-refractivity contribution < 1.29 is 18.8 Å². The Morgan fingerprint density at radius 2 is 2.07 bits per heavy atom. The van der Waals surface area contributed by atoms with Crippen molar-refractivity contribution in [3.63, 3.8) is 0 Å². The van der Waals surface area contributed by atoms with Crippen molar-refractivity contribution in [3.8, 4) is 5.75 Å². The van der Waals surface area contributed by atoms with Gasteiger partial charge in [-0.2, -0.15) is 0 Å². The Morgan fingerprint density at radius 3 is 2.53 bits per heavy atom. The Morgan fingerprint density at radius 1 is 1.47 bits per heavy atom. The quantitative estimate of drug-likeness (QED) is 0.595. The van der Waals surface area contributed by atoms with Gasteiger partial charge in [-0.05, 0) is 6.07 Å². The smallest absolute Gasteiger partial charge is 0.270 e. The van der Waals surface area contributed by atoms with Crippen LogP contribution in [-0.2, 0) is 0 Å². The summed E-state index contributed by atoms with van der Waals surface area (Å²) in [6.45, 7) is 0. The van der Waals surface area contributed by atoms with Gasteiger partial charge >= 0.3 is 0 Å². The lowest BCUT2D eigenvalue weighted by Gasteiger charge is -2.11. The summed E-state index contributed by atoms with van der Waals surface area (Å²) in [7, 11) is 0. The molecule has 1 aromatic carbocycles. The van der Waals surface area contributed by atoms with Crippen LogP contribution in [0, 0.1) is 10.1 Å². The molecule has 1 aromatic rings. The average molecular weight is 218 g/mol. The van der Waals surface area contributed by atoms with Crippen molar-refractivity contribution in [2.24, 2.45) is 5.73 Å². The van der Waals surface area contributed by atoms with E-state index < -0.39 is 23.1 Å². The van der Waals surface area contributed by atoms with E-state index in [-0.39, 0.29) is 11.3 Å². The zero-order valence-corrected chi connectivity index (χ0v) is 7.43. The van der Waals surface area contributed by atoms with Gasteiger partial charge in [0, 0.05) is 17.7 Å². The van der Waals surface area contributed by atoms with Crippen LogP contribution in [0.15, 0.2) is 18.2 Å². The number of phenols is 1. The number of rotatable bonds is 3. The summed E-state index contributed by atoms with van der Waals surface area (Å²) < 4.78 is 24.4. The van der Waals surface area contributed by atoms with E-state index in [1.165, 1.54) is 0 Å². The fourth-order valence-electron chi connectivity index (χ4n) is 1.06. The molecule has 0 saturated heterocycles. The molecule has 0 aliphatic heterocycles. The van der Waals surface area contributed by atoms with Gasteiger partial charge in [0.1, 0.15) is 5.75 Å². The average Bonchev–Trinajstić information content (AvgIpc) is 2.16. The lowest BCUT2D eigenvalue weighted by Crippen LogP contribution is -2.19. The van der Waals surface area contributed by atoms with E-state index in [0.717, 1.165) is 18.2 Å². The van der Waals surface area contributed by atoms with Crippen LogP contribution in [0.3, 0.4) is 0 Å². The Balaban J connectivity index is 3.16. The summed E-state index contributed by atoms with van der Waals surface area (Å²) in [5.41, 5.74) is 4.35.